The van der Waals surface area contributed by atoms with E-state index in [2.05, 4.69) is 0 Å². The van der Waals surface area contributed by atoms with Gasteiger partial charge < -0.3 is 20.1 Å². The molecule has 3 aromatic carbocycles. The summed E-state index contributed by atoms with van der Waals surface area (Å²) in [6, 6.07) is 23.1. The van der Waals surface area contributed by atoms with Crippen molar-refractivity contribution in [3.63, 3.8) is 0 Å². The molecule has 0 fully saturated rings. The van der Waals surface area contributed by atoms with Crippen LogP contribution in [0.2, 0.25) is 0 Å². The third-order valence-corrected chi connectivity index (χ3v) is 4.80. The number of ether oxygens (including phenoxy) is 1. The van der Waals surface area contributed by atoms with Gasteiger partial charge in [-0.05, 0) is 49.7 Å². The van der Waals surface area contributed by atoms with E-state index in [9.17, 15) is 14.7 Å². The van der Waals surface area contributed by atoms with Crippen LogP contribution in [0, 0.1) is 5.41 Å². The second-order valence-corrected chi connectivity index (χ2v) is 9.52. The Kier molecular flexibility index (Phi) is 16.1. The van der Waals surface area contributed by atoms with Crippen LogP contribution >= 0.6 is 0 Å². The summed E-state index contributed by atoms with van der Waals surface area (Å²) >= 11 is 0. The molecular formula is C31H38O6Ti. The monoisotopic (exact) mass is 554 g/mol. The molecule has 3 rings (SSSR count). The number of benzene rings is 3. The zero-order valence-electron chi connectivity index (χ0n) is 22.9. The molecule has 0 amide bonds. The van der Waals surface area contributed by atoms with Crippen molar-refractivity contribution in [3.05, 3.63) is 107 Å². The minimum Gasteiger partial charge on any atom is -0.507 e. The van der Waals surface area contributed by atoms with Gasteiger partial charge in [-0.25, -0.2) is 0 Å². The maximum Gasteiger partial charge on any atom is 0.193 e. The molecular weight excluding hydrogens is 516 g/mol. The minimum atomic E-state index is -0.486. The number of hydrogen-bond donors (Lipinski definition) is 3. The SMILES string of the molecule is CC(C)O.COc1ccc(/C(O)=C/C(=O)C(C)(C)C)cc1.O=C(c1ccccc1)c1cccc(CO)c1.[Ti]. The number of allylic oxidation sites excluding steroid dienone is 1. The Morgan fingerprint density at radius 3 is 1.87 bits per heavy atom. The summed E-state index contributed by atoms with van der Waals surface area (Å²) in [7, 11) is 1.58. The Balaban J connectivity index is 0.000000618. The molecule has 0 saturated heterocycles. The number of aliphatic hydroxyl groups excluding tert-OH is 3. The predicted molar refractivity (Wildman–Crippen MR) is 148 cm³/mol. The van der Waals surface area contributed by atoms with Gasteiger partial charge in [0.05, 0.1) is 13.7 Å². The Labute approximate surface area is 240 Å². The molecule has 0 atom stereocenters. The van der Waals surface area contributed by atoms with E-state index in [0.717, 1.165) is 5.56 Å². The van der Waals surface area contributed by atoms with E-state index in [4.69, 9.17) is 14.9 Å². The molecule has 0 aromatic heterocycles. The van der Waals surface area contributed by atoms with Gasteiger partial charge in [0.15, 0.2) is 11.6 Å². The second kappa shape index (κ2) is 17.5. The smallest absolute Gasteiger partial charge is 0.193 e. The molecule has 0 unspecified atom stereocenters. The van der Waals surface area contributed by atoms with E-state index in [0.29, 0.717) is 22.4 Å². The quantitative estimate of drug-likeness (QED) is 0.149. The van der Waals surface area contributed by atoms with Crippen LogP contribution in [0.15, 0.2) is 84.9 Å². The van der Waals surface area contributed by atoms with Gasteiger partial charge in [0, 0.05) is 56.0 Å². The van der Waals surface area contributed by atoms with Gasteiger partial charge in [0.1, 0.15) is 11.5 Å². The van der Waals surface area contributed by atoms with Crippen molar-refractivity contribution in [1.82, 2.24) is 0 Å². The van der Waals surface area contributed by atoms with E-state index in [1.807, 2.05) is 39.0 Å². The first kappa shape index (κ1) is 35.0. The topological polar surface area (TPSA) is 104 Å². The average molecular weight is 555 g/mol. The molecule has 0 aliphatic rings. The molecule has 7 heteroatoms. The number of hydrogen-bond acceptors (Lipinski definition) is 6. The zero-order chi connectivity index (χ0) is 28.0. The predicted octanol–water partition coefficient (Wildman–Crippen LogP) is 6.00. The van der Waals surface area contributed by atoms with Crippen LogP contribution in [0.4, 0.5) is 0 Å². The van der Waals surface area contributed by atoms with Crippen LogP contribution in [-0.4, -0.2) is 40.1 Å². The Hall–Kier alpha value is -3.03. The van der Waals surface area contributed by atoms with Gasteiger partial charge in [-0.15, -0.1) is 0 Å². The Morgan fingerprint density at radius 2 is 1.39 bits per heavy atom. The fraction of sp³-hybridized carbons (Fsp3) is 0.290. The van der Waals surface area contributed by atoms with E-state index >= 15 is 0 Å². The first-order valence-corrected chi connectivity index (χ1v) is 12.0. The Bertz CT molecular complexity index is 1140. The fourth-order valence-corrected chi connectivity index (χ4v) is 2.75. The molecule has 0 heterocycles. The van der Waals surface area contributed by atoms with Gasteiger partial charge in [0.2, 0.25) is 0 Å². The standard InChI is InChI=1S/C14H18O3.C14H12O2.C3H8O.Ti/c1-14(2,3)13(16)9-12(15)10-5-7-11(17-4)8-6-10;15-10-11-5-4-8-13(9-11)14(16)12-6-2-1-3-7-12;1-3(2)4;/h5-9,15H,1-4H3;1-9,15H,10H2;3-4H,1-2H3;/b12-9-;;;. The molecule has 38 heavy (non-hydrogen) atoms. The third-order valence-electron chi connectivity index (χ3n) is 4.80. The molecule has 0 aliphatic heterocycles. The number of aliphatic hydroxyl groups is 3. The van der Waals surface area contributed by atoms with E-state index in [-0.39, 0.29) is 51.8 Å². The molecule has 202 valence electrons. The molecule has 0 aliphatic carbocycles. The summed E-state index contributed by atoms with van der Waals surface area (Å²) in [5, 5.41) is 26.9. The largest absolute Gasteiger partial charge is 0.507 e. The van der Waals surface area contributed by atoms with Crippen LogP contribution in [0.1, 0.15) is 61.7 Å². The number of carbonyl (C=O) groups excluding carboxylic acids is 2. The molecule has 3 N–H and O–H groups in total. The van der Waals surface area contributed by atoms with Crippen LogP contribution < -0.4 is 4.74 Å². The maximum atomic E-state index is 12.0. The minimum absolute atomic E-state index is 0. The zero-order valence-corrected chi connectivity index (χ0v) is 24.5. The molecule has 0 bridgehead atoms. The molecule has 0 radical (unpaired) electrons. The van der Waals surface area contributed by atoms with Crippen molar-refractivity contribution in [3.8, 4) is 5.75 Å². The van der Waals surface area contributed by atoms with Gasteiger partial charge in [-0.1, -0.05) is 69.3 Å². The molecule has 6 nitrogen and oxygen atoms in total. The third kappa shape index (κ3) is 13.0. The first-order valence-electron chi connectivity index (χ1n) is 12.0. The first-order chi connectivity index (χ1) is 17.4. The number of carbonyl (C=O) groups is 2. The van der Waals surface area contributed by atoms with Crippen LogP contribution in [0.3, 0.4) is 0 Å². The van der Waals surface area contributed by atoms with Crippen molar-refractivity contribution in [2.75, 3.05) is 7.11 Å². The van der Waals surface area contributed by atoms with Gasteiger partial charge in [-0.2, -0.15) is 0 Å². The summed E-state index contributed by atoms with van der Waals surface area (Å²) in [6.45, 7) is 8.84. The van der Waals surface area contributed by atoms with Crippen molar-refractivity contribution in [2.45, 2.75) is 47.3 Å². The number of methoxy groups -OCH3 is 1. The van der Waals surface area contributed by atoms with Crippen molar-refractivity contribution >= 4 is 17.3 Å². The van der Waals surface area contributed by atoms with Crippen molar-refractivity contribution in [1.29, 1.82) is 0 Å². The summed E-state index contributed by atoms with van der Waals surface area (Å²) in [4.78, 5) is 23.7. The fourth-order valence-electron chi connectivity index (χ4n) is 2.75. The summed E-state index contributed by atoms with van der Waals surface area (Å²) in [5.74, 6) is 0.568. The Morgan fingerprint density at radius 1 is 0.868 bits per heavy atom. The van der Waals surface area contributed by atoms with Gasteiger partial charge in [0.25, 0.3) is 0 Å². The van der Waals surface area contributed by atoms with Gasteiger partial charge >= 0.3 is 0 Å². The van der Waals surface area contributed by atoms with Crippen LogP contribution in [-0.2, 0) is 33.1 Å². The second-order valence-electron chi connectivity index (χ2n) is 9.52. The summed E-state index contributed by atoms with van der Waals surface area (Å²) in [5.41, 5.74) is 2.14. The van der Waals surface area contributed by atoms with E-state index in [1.54, 1.807) is 81.6 Å². The summed E-state index contributed by atoms with van der Waals surface area (Å²) in [6.07, 6.45) is 1.10. The molecule has 0 spiro atoms. The number of ketones is 2. The molecule has 3 aromatic rings. The van der Waals surface area contributed by atoms with Crippen molar-refractivity contribution in [2.24, 2.45) is 5.41 Å². The van der Waals surface area contributed by atoms with E-state index in [1.165, 1.54) is 6.08 Å². The van der Waals surface area contributed by atoms with E-state index < -0.39 is 5.41 Å². The number of rotatable bonds is 6. The maximum absolute atomic E-state index is 12.0. The van der Waals surface area contributed by atoms with Gasteiger partial charge in [-0.3, -0.25) is 9.59 Å². The normalized spacial score (nSPS) is 10.7. The van der Waals surface area contributed by atoms with Crippen LogP contribution in [0.25, 0.3) is 5.76 Å². The van der Waals surface area contributed by atoms with Crippen LogP contribution in [0.5, 0.6) is 5.75 Å². The molecule has 0 saturated carbocycles. The summed E-state index contributed by atoms with van der Waals surface area (Å²) < 4.78 is 5.02. The van der Waals surface area contributed by atoms with Crippen molar-refractivity contribution < 1.29 is 51.4 Å². The average Bonchev–Trinajstić information content (AvgIpc) is 2.88.